The highest BCUT2D eigenvalue weighted by Gasteiger charge is 2.15. The SMILES string of the molecule is CCCC(C)(C)CCCCCC(=O)O. The van der Waals surface area contributed by atoms with Gasteiger partial charge < -0.3 is 5.11 Å². The molecule has 0 saturated heterocycles. The minimum Gasteiger partial charge on any atom is -0.481 e. The van der Waals surface area contributed by atoms with Crippen LogP contribution in [-0.2, 0) is 4.79 Å². The lowest BCUT2D eigenvalue weighted by Gasteiger charge is -2.23. The van der Waals surface area contributed by atoms with Crippen LogP contribution in [0.25, 0.3) is 0 Å². The fraction of sp³-hybridized carbons (Fsp3) is 0.917. The van der Waals surface area contributed by atoms with Gasteiger partial charge in [-0.2, -0.15) is 0 Å². The molecular weight excluding hydrogens is 176 g/mol. The molecule has 0 radical (unpaired) electrons. The van der Waals surface area contributed by atoms with E-state index in [9.17, 15) is 4.79 Å². The summed E-state index contributed by atoms with van der Waals surface area (Å²) in [5.74, 6) is -0.669. The van der Waals surface area contributed by atoms with Gasteiger partial charge in [0.2, 0.25) is 0 Å². The van der Waals surface area contributed by atoms with Gasteiger partial charge in [-0.25, -0.2) is 0 Å². The van der Waals surface area contributed by atoms with E-state index in [1.165, 1.54) is 25.7 Å². The number of unbranched alkanes of at least 4 members (excludes halogenated alkanes) is 2. The molecule has 84 valence electrons. The molecule has 2 nitrogen and oxygen atoms in total. The first-order valence-electron chi connectivity index (χ1n) is 5.70. The molecule has 0 aliphatic rings. The first-order chi connectivity index (χ1) is 6.48. The van der Waals surface area contributed by atoms with E-state index >= 15 is 0 Å². The van der Waals surface area contributed by atoms with Crippen molar-refractivity contribution in [3.05, 3.63) is 0 Å². The van der Waals surface area contributed by atoms with Gasteiger partial charge in [0.25, 0.3) is 0 Å². The number of carboxylic acid groups (broad SMARTS) is 1. The lowest BCUT2D eigenvalue weighted by atomic mass is 9.83. The summed E-state index contributed by atoms with van der Waals surface area (Å²) >= 11 is 0. The molecule has 0 saturated carbocycles. The number of aliphatic carboxylic acids is 1. The number of rotatable bonds is 8. The number of carboxylic acids is 1. The molecule has 0 rings (SSSR count). The van der Waals surface area contributed by atoms with Gasteiger partial charge in [-0.1, -0.05) is 40.0 Å². The van der Waals surface area contributed by atoms with Crippen molar-refractivity contribution < 1.29 is 9.90 Å². The van der Waals surface area contributed by atoms with Crippen molar-refractivity contribution in [2.24, 2.45) is 5.41 Å². The topological polar surface area (TPSA) is 37.3 Å². The van der Waals surface area contributed by atoms with Crippen LogP contribution in [0, 0.1) is 5.41 Å². The Bertz CT molecular complexity index is 162. The molecule has 0 aliphatic heterocycles. The van der Waals surface area contributed by atoms with Gasteiger partial charge >= 0.3 is 5.97 Å². The van der Waals surface area contributed by atoms with Gasteiger partial charge in [-0.3, -0.25) is 4.79 Å². The molecule has 0 amide bonds. The van der Waals surface area contributed by atoms with Gasteiger partial charge in [-0.15, -0.1) is 0 Å². The standard InChI is InChI=1S/C12H24O2/c1-4-9-12(2,3)10-7-5-6-8-11(13)14/h4-10H2,1-3H3,(H,13,14). The normalized spacial score (nSPS) is 11.6. The Kier molecular flexibility index (Phi) is 6.60. The van der Waals surface area contributed by atoms with Crippen molar-refractivity contribution in [2.45, 2.75) is 65.7 Å². The largest absolute Gasteiger partial charge is 0.481 e. The zero-order valence-electron chi connectivity index (χ0n) is 9.81. The van der Waals surface area contributed by atoms with Crippen LogP contribution in [-0.4, -0.2) is 11.1 Å². The maximum atomic E-state index is 10.3. The van der Waals surface area contributed by atoms with Crippen molar-refractivity contribution >= 4 is 5.97 Å². The number of hydrogen-bond acceptors (Lipinski definition) is 1. The molecule has 0 fully saturated rings. The maximum absolute atomic E-state index is 10.3. The van der Waals surface area contributed by atoms with E-state index in [1.807, 2.05) is 0 Å². The number of hydrogen-bond donors (Lipinski definition) is 1. The van der Waals surface area contributed by atoms with E-state index in [4.69, 9.17) is 5.11 Å². The Morgan fingerprint density at radius 1 is 1.14 bits per heavy atom. The van der Waals surface area contributed by atoms with Crippen LogP contribution in [0.15, 0.2) is 0 Å². The smallest absolute Gasteiger partial charge is 0.303 e. The van der Waals surface area contributed by atoms with Crippen LogP contribution in [0.1, 0.15) is 65.7 Å². The van der Waals surface area contributed by atoms with Gasteiger partial charge in [0, 0.05) is 6.42 Å². The fourth-order valence-electron chi connectivity index (χ4n) is 1.86. The summed E-state index contributed by atoms with van der Waals surface area (Å²) in [6, 6.07) is 0. The molecule has 0 spiro atoms. The lowest BCUT2D eigenvalue weighted by molar-refractivity contribution is -0.137. The summed E-state index contributed by atoms with van der Waals surface area (Å²) in [5.41, 5.74) is 0.442. The van der Waals surface area contributed by atoms with Crippen molar-refractivity contribution in [3.8, 4) is 0 Å². The van der Waals surface area contributed by atoms with Crippen LogP contribution in [0.5, 0.6) is 0 Å². The molecule has 14 heavy (non-hydrogen) atoms. The van der Waals surface area contributed by atoms with E-state index in [0.717, 1.165) is 12.8 Å². The van der Waals surface area contributed by atoms with Crippen LogP contribution in [0.2, 0.25) is 0 Å². The lowest BCUT2D eigenvalue weighted by Crippen LogP contribution is -2.10. The van der Waals surface area contributed by atoms with Crippen LogP contribution in [0.4, 0.5) is 0 Å². The second-order valence-electron chi connectivity index (χ2n) is 4.87. The average molecular weight is 200 g/mol. The third kappa shape index (κ3) is 8.09. The van der Waals surface area contributed by atoms with Crippen molar-refractivity contribution in [2.75, 3.05) is 0 Å². The Balaban J connectivity index is 3.39. The quantitative estimate of drug-likeness (QED) is 0.604. The van der Waals surface area contributed by atoms with Gasteiger partial charge in [0.05, 0.1) is 0 Å². The predicted octanol–water partition coefficient (Wildman–Crippen LogP) is 3.85. The molecule has 0 aromatic carbocycles. The highest BCUT2D eigenvalue weighted by atomic mass is 16.4. The summed E-state index contributed by atoms with van der Waals surface area (Å²) in [7, 11) is 0. The van der Waals surface area contributed by atoms with E-state index in [-0.39, 0.29) is 0 Å². The van der Waals surface area contributed by atoms with Crippen LogP contribution >= 0.6 is 0 Å². The zero-order valence-corrected chi connectivity index (χ0v) is 9.81. The summed E-state index contributed by atoms with van der Waals surface area (Å²) < 4.78 is 0. The Hall–Kier alpha value is -0.530. The molecule has 0 unspecified atom stereocenters. The van der Waals surface area contributed by atoms with Gasteiger partial charge in [0.1, 0.15) is 0 Å². The van der Waals surface area contributed by atoms with E-state index < -0.39 is 5.97 Å². The van der Waals surface area contributed by atoms with E-state index in [2.05, 4.69) is 20.8 Å². The molecule has 0 aliphatic carbocycles. The highest BCUT2D eigenvalue weighted by Crippen LogP contribution is 2.28. The van der Waals surface area contributed by atoms with E-state index in [1.54, 1.807) is 0 Å². The van der Waals surface area contributed by atoms with Crippen molar-refractivity contribution in [1.29, 1.82) is 0 Å². The van der Waals surface area contributed by atoms with Crippen molar-refractivity contribution in [1.82, 2.24) is 0 Å². The maximum Gasteiger partial charge on any atom is 0.303 e. The molecule has 0 heterocycles. The molecular formula is C12H24O2. The first kappa shape index (κ1) is 13.5. The van der Waals surface area contributed by atoms with Crippen LogP contribution in [0.3, 0.4) is 0 Å². The Labute approximate surface area is 87.7 Å². The van der Waals surface area contributed by atoms with Gasteiger partial charge in [-0.05, 0) is 24.7 Å². The third-order valence-electron chi connectivity index (χ3n) is 2.67. The molecule has 0 bridgehead atoms. The zero-order chi connectivity index (χ0) is 11.0. The minimum absolute atomic E-state index is 0.328. The predicted molar refractivity (Wildman–Crippen MR) is 59.4 cm³/mol. The summed E-state index contributed by atoms with van der Waals surface area (Å²) in [5, 5.41) is 8.46. The first-order valence-corrected chi connectivity index (χ1v) is 5.70. The molecule has 0 aromatic heterocycles. The fourth-order valence-corrected chi connectivity index (χ4v) is 1.86. The molecule has 0 aromatic rings. The average Bonchev–Trinajstić information content (AvgIpc) is 2.02. The highest BCUT2D eigenvalue weighted by molar-refractivity contribution is 5.66. The molecule has 2 heteroatoms. The second-order valence-corrected chi connectivity index (χ2v) is 4.87. The Morgan fingerprint density at radius 2 is 1.79 bits per heavy atom. The Morgan fingerprint density at radius 3 is 2.29 bits per heavy atom. The molecule has 0 atom stereocenters. The third-order valence-corrected chi connectivity index (χ3v) is 2.67. The van der Waals surface area contributed by atoms with Crippen LogP contribution < -0.4 is 0 Å². The number of carbonyl (C=O) groups is 1. The minimum atomic E-state index is -0.669. The summed E-state index contributed by atoms with van der Waals surface area (Å²) in [6.07, 6.45) is 7.11. The summed E-state index contributed by atoms with van der Waals surface area (Å²) in [6.45, 7) is 6.81. The van der Waals surface area contributed by atoms with Gasteiger partial charge in [0.15, 0.2) is 0 Å². The van der Waals surface area contributed by atoms with Crippen molar-refractivity contribution in [3.63, 3.8) is 0 Å². The van der Waals surface area contributed by atoms with E-state index in [0.29, 0.717) is 11.8 Å². The second kappa shape index (κ2) is 6.86. The monoisotopic (exact) mass is 200 g/mol. The summed E-state index contributed by atoms with van der Waals surface area (Å²) in [4.78, 5) is 10.3. The molecule has 1 N–H and O–H groups in total.